The first-order valence-corrected chi connectivity index (χ1v) is 5.21. The van der Waals surface area contributed by atoms with Gasteiger partial charge in [-0.3, -0.25) is 4.98 Å². The van der Waals surface area contributed by atoms with Crippen LogP contribution in [0.3, 0.4) is 0 Å². The Morgan fingerprint density at radius 2 is 2.06 bits per heavy atom. The van der Waals surface area contributed by atoms with E-state index in [-0.39, 0.29) is 0 Å². The molecule has 2 N–H and O–H groups in total. The highest BCUT2D eigenvalue weighted by atomic mass is 14.7. The van der Waals surface area contributed by atoms with Gasteiger partial charge in [-0.05, 0) is 32.0 Å². The van der Waals surface area contributed by atoms with E-state index < -0.39 is 5.54 Å². The third-order valence-electron chi connectivity index (χ3n) is 2.13. The third-order valence-corrected chi connectivity index (χ3v) is 2.13. The summed E-state index contributed by atoms with van der Waals surface area (Å²) in [6.07, 6.45) is 1.78. The van der Waals surface area contributed by atoms with Crippen LogP contribution in [0.4, 0.5) is 0 Å². The molecule has 0 spiro atoms. The second kappa shape index (κ2) is 3.96. The standard InChI is InChI=1S/C14H14N2/c1-14(2,15)8-7-11-5-6-12-4-3-9-16-13(12)10-11/h3-6,9-10H,15H2,1-2H3. The van der Waals surface area contributed by atoms with Crippen molar-refractivity contribution in [2.45, 2.75) is 19.4 Å². The summed E-state index contributed by atoms with van der Waals surface area (Å²) in [5.74, 6) is 6.06. The Labute approximate surface area is 95.5 Å². The topological polar surface area (TPSA) is 38.9 Å². The number of pyridine rings is 1. The minimum Gasteiger partial charge on any atom is -0.316 e. The highest BCUT2D eigenvalue weighted by molar-refractivity contribution is 5.79. The number of nitrogens with zero attached hydrogens (tertiary/aromatic N) is 1. The van der Waals surface area contributed by atoms with Crippen molar-refractivity contribution in [3.05, 3.63) is 42.1 Å². The molecule has 1 aromatic carbocycles. The molecule has 0 radical (unpaired) electrons. The highest BCUT2D eigenvalue weighted by Gasteiger charge is 2.03. The van der Waals surface area contributed by atoms with Crippen LogP contribution < -0.4 is 5.73 Å². The molecule has 0 amide bonds. The van der Waals surface area contributed by atoms with E-state index in [1.807, 2.05) is 44.2 Å². The number of rotatable bonds is 0. The van der Waals surface area contributed by atoms with Crippen LogP contribution in [-0.4, -0.2) is 10.5 Å². The Morgan fingerprint density at radius 1 is 1.25 bits per heavy atom. The molecular formula is C14H14N2. The predicted molar refractivity (Wildman–Crippen MR) is 66.9 cm³/mol. The molecule has 0 bridgehead atoms. The number of aromatic nitrogens is 1. The summed E-state index contributed by atoms with van der Waals surface area (Å²) in [7, 11) is 0. The molecule has 0 aliphatic rings. The summed E-state index contributed by atoms with van der Waals surface area (Å²) in [5, 5.41) is 1.13. The number of fused-ring (bicyclic) bond motifs is 1. The molecule has 16 heavy (non-hydrogen) atoms. The van der Waals surface area contributed by atoms with E-state index in [9.17, 15) is 0 Å². The van der Waals surface area contributed by atoms with Gasteiger partial charge in [0.25, 0.3) is 0 Å². The molecule has 0 fully saturated rings. The van der Waals surface area contributed by atoms with Crippen LogP contribution in [0.1, 0.15) is 19.4 Å². The Kier molecular flexibility index (Phi) is 2.64. The maximum absolute atomic E-state index is 5.81. The first-order valence-electron chi connectivity index (χ1n) is 5.21. The molecule has 0 aliphatic carbocycles. The van der Waals surface area contributed by atoms with E-state index in [1.165, 1.54) is 0 Å². The third kappa shape index (κ3) is 2.59. The van der Waals surface area contributed by atoms with Crippen LogP contribution in [-0.2, 0) is 0 Å². The zero-order valence-corrected chi connectivity index (χ0v) is 9.49. The lowest BCUT2D eigenvalue weighted by Gasteiger charge is -2.07. The summed E-state index contributed by atoms with van der Waals surface area (Å²) in [4.78, 5) is 4.29. The van der Waals surface area contributed by atoms with Gasteiger partial charge in [-0.25, -0.2) is 0 Å². The summed E-state index contributed by atoms with van der Waals surface area (Å²) in [6, 6.07) is 9.95. The average Bonchev–Trinajstić information content (AvgIpc) is 2.25. The van der Waals surface area contributed by atoms with Gasteiger partial charge in [-0.1, -0.05) is 24.0 Å². The molecule has 0 saturated heterocycles. The normalized spacial score (nSPS) is 10.9. The molecule has 0 unspecified atom stereocenters. The monoisotopic (exact) mass is 210 g/mol. The van der Waals surface area contributed by atoms with Gasteiger partial charge in [0, 0.05) is 17.1 Å². The van der Waals surface area contributed by atoms with E-state index in [2.05, 4.69) is 16.8 Å². The number of hydrogen-bond donors (Lipinski definition) is 1. The molecule has 0 aliphatic heterocycles. The minimum atomic E-state index is -0.459. The lowest BCUT2D eigenvalue weighted by Crippen LogP contribution is -2.29. The van der Waals surface area contributed by atoms with Gasteiger partial charge in [0.15, 0.2) is 0 Å². The summed E-state index contributed by atoms with van der Waals surface area (Å²) >= 11 is 0. The van der Waals surface area contributed by atoms with Crippen molar-refractivity contribution < 1.29 is 0 Å². The summed E-state index contributed by atoms with van der Waals surface area (Å²) < 4.78 is 0. The van der Waals surface area contributed by atoms with E-state index in [0.717, 1.165) is 16.5 Å². The van der Waals surface area contributed by atoms with Crippen LogP contribution in [0, 0.1) is 11.8 Å². The zero-order chi connectivity index (χ0) is 11.6. The fraction of sp³-hybridized carbons (Fsp3) is 0.214. The van der Waals surface area contributed by atoms with Crippen LogP contribution in [0.5, 0.6) is 0 Å². The quantitative estimate of drug-likeness (QED) is 0.678. The molecule has 2 nitrogen and oxygen atoms in total. The Bertz CT molecular complexity index is 568. The molecule has 0 saturated carbocycles. The molecule has 2 aromatic rings. The second-order valence-corrected chi connectivity index (χ2v) is 4.38. The SMILES string of the molecule is CC(C)(N)C#Cc1ccc2cccnc2c1. The molecule has 1 heterocycles. The lowest BCUT2D eigenvalue weighted by atomic mass is 10.1. The van der Waals surface area contributed by atoms with E-state index in [4.69, 9.17) is 5.73 Å². The van der Waals surface area contributed by atoms with Crippen molar-refractivity contribution in [1.82, 2.24) is 4.98 Å². The van der Waals surface area contributed by atoms with Gasteiger partial charge in [-0.2, -0.15) is 0 Å². The van der Waals surface area contributed by atoms with Crippen molar-refractivity contribution in [3.63, 3.8) is 0 Å². The van der Waals surface area contributed by atoms with Gasteiger partial charge in [0.2, 0.25) is 0 Å². The number of benzene rings is 1. The minimum absolute atomic E-state index is 0.459. The van der Waals surface area contributed by atoms with E-state index in [0.29, 0.717) is 0 Å². The smallest absolute Gasteiger partial charge is 0.0722 e. The molecule has 2 heteroatoms. The first kappa shape index (κ1) is 10.7. The predicted octanol–water partition coefficient (Wildman–Crippen LogP) is 2.32. The van der Waals surface area contributed by atoms with Crippen molar-refractivity contribution in [1.29, 1.82) is 0 Å². The zero-order valence-electron chi connectivity index (χ0n) is 9.49. The van der Waals surface area contributed by atoms with Gasteiger partial charge in [0.05, 0.1) is 11.1 Å². The maximum Gasteiger partial charge on any atom is 0.0722 e. The second-order valence-electron chi connectivity index (χ2n) is 4.38. The highest BCUT2D eigenvalue weighted by Crippen LogP contribution is 2.12. The fourth-order valence-electron chi connectivity index (χ4n) is 1.38. The van der Waals surface area contributed by atoms with Crippen LogP contribution in [0.15, 0.2) is 36.5 Å². The first-order chi connectivity index (χ1) is 7.54. The van der Waals surface area contributed by atoms with Crippen molar-refractivity contribution in [3.8, 4) is 11.8 Å². The van der Waals surface area contributed by atoms with E-state index >= 15 is 0 Å². The molecule has 80 valence electrons. The largest absolute Gasteiger partial charge is 0.316 e. The summed E-state index contributed by atoms with van der Waals surface area (Å²) in [6.45, 7) is 3.78. The Morgan fingerprint density at radius 3 is 2.81 bits per heavy atom. The molecular weight excluding hydrogens is 196 g/mol. The van der Waals surface area contributed by atoms with Gasteiger partial charge < -0.3 is 5.73 Å². The van der Waals surface area contributed by atoms with Gasteiger partial charge in [0.1, 0.15) is 0 Å². The van der Waals surface area contributed by atoms with Crippen LogP contribution in [0.2, 0.25) is 0 Å². The van der Waals surface area contributed by atoms with Gasteiger partial charge in [-0.15, -0.1) is 0 Å². The molecule has 0 atom stereocenters. The van der Waals surface area contributed by atoms with Crippen molar-refractivity contribution in [2.24, 2.45) is 5.73 Å². The summed E-state index contributed by atoms with van der Waals surface area (Å²) in [5.41, 5.74) is 7.26. The number of nitrogens with two attached hydrogens (primary N) is 1. The molecule has 1 aromatic heterocycles. The van der Waals surface area contributed by atoms with Gasteiger partial charge >= 0.3 is 0 Å². The van der Waals surface area contributed by atoms with Crippen LogP contribution in [0.25, 0.3) is 10.9 Å². The average molecular weight is 210 g/mol. The van der Waals surface area contributed by atoms with Crippen molar-refractivity contribution >= 4 is 10.9 Å². The van der Waals surface area contributed by atoms with Crippen molar-refractivity contribution in [2.75, 3.05) is 0 Å². The fourth-order valence-corrected chi connectivity index (χ4v) is 1.38. The van der Waals surface area contributed by atoms with Crippen LogP contribution >= 0.6 is 0 Å². The Balaban J connectivity index is 2.43. The lowest BCUT2D eigenvalue weighted by molar-refractivity contribution is 0.680. The Hall–Kier alpha value is -1.85. The van der Waals surface area contributed by atoms with E-state index in [1.54, 1.807) is 6.20 Å². The number of hydrogen-bond acceptors (Lipinski definition) is 2. The maximum atomic E-state index is 5.81. The molecule has 2 rings (SSSR count).